The fraction of sp³-hybridized carbons (Fsp3) is 0.772. The van der Waals surface area contributed by atoms with Crippen molar-refractivity contribution in [1.29, 1.82) is 0 Å². The first kappa shape index (κ1) is 94.2. The number of hydrogen-bond donors (Lipinski definition) is 3. The van der Waals surface area contributed by atoms with Crippen molar-refractivity contribution in [1.82, 2.24) is 0 Å². The number of aliphatic hydroxyl groups is 1. The van der Waals surface area contributed by atoms with Gasteiger partial charge in [-0.15, -0.1) is 0 Å². The largest absolute Gasteiger partial charge is 0.472 e. The zero-order valence-corrected chi connectivity index (χ0v) is 63.7. The molecule has 0 aromatic rings. The molecule has 0 radical (unpaired) electrons. The van der Waals surface area contributed by atoms with E-state index in [-0.39, 0.29) is 25.7 Å². The highest BCUT2D eigenvalue weighted by molar-refractivity contribution is 7.47. The minimum atomic E-state index is -4.98. The van der Waals surface area contributed by atoms with Gasteiger partial charge in [0.2, 0.25) is 0 Å². The molecule has 0 aliphatic carbocycles. The minimum absolute atomic E-state index is 0.0763. The highest BCUT2D eigenvalue weighted by Crippen LogP contribution is 2.45. The molecular formula is C79H140O17P2. The number of phosphoric ester groups is 2. The maximum atomic E-state index is 13.1. The van der Waals surface area contributed by atoms with Crippen LogP contribution >= 0.6 is 15.6 Å². The van der Waals surface area contributed by atoms with Gasteiger partial charge < -0.3 is 33.8 Å². The van der Waals surface area contributed by atoms with Crippen LogP contribution in [-0.4, -0.2) is 96.7 Å². The standard InChI is InChI=1S/C79H140O17P2/c1-5-9-13-17-21-25-29-32-34-35-36-37-39-42-45-48-52-56-60-64-77(82)90-70-75(96-79(84)66-62-58-54-50-46-40-31-27-23-19-15-11-7-3)72-94-98(87,88)92-68-73(80)67-91-97(85,86)93-71-74(95-78(83)65-61-57-53-49-43-28-24-20-16-12-8-4)69-89-76(81)63-59-55-51-47-44-41-38-33-30-26-22-18-14-10-6-2/h15,19-21,24-25,27,31-34,36-38,73-75,80H,5-14,16-18,22-23,26,28-30,35,39-72H2,1-4H3,(H,85,86)(H,87,88)/b19-15-,24-20-,25-21-,31-27-,34-32-,37-36-,38-33-. The van der Waals surface area contributed by atoms with Gasteiger partial charge in [-0.2, -0.15) is 0 Å². The molecule has 3 N–H and O–H groups in total. The number of unbranched alkanes of at least 4 members (excludes halogenated alkanes) is 33. The van der Waals surface area contributed by atoms with Gasteiger partial charge in [0.15, 0.2) is 12.2 Å². The van der Waals surface area contributed by atoms with Crippen LogP contribution in [0.5, 0.6) is 0 Å². The summed E-state index contributed by atoms with van der Waals surface area (Å²) in [6, 6.07) is 0. The Labute approximate surface area is 595 Å². The van der Waals surface area contributed by atoms with E-state index in [9.17, 15) is 43.2 Å². The first-order valence-electron chi connectivity index (χ1n) is 38.8. The highest BCUT2D eigenvalue weighted by atomic mass is 31.2. The molecule has 98 heavy (non-hydrogen) atoms. The third-order valence-corrected chi connectivity index (χ3v) is 18.2. The van der Waals surface area contributed by atoms with Gasteiger partial charge in [0.1, 0.15) is 19.3 Å². The Morgan fingerprint density at radius 1 is 0.286 bits per heavy atom. The molecule has 568 valence electrons. The number of aliphatic hydroxyl groups excluding tert-OH is 1. The van der Waals surface area contributed by atoms with Crippen LogP contribution in [-0.2, 0) is 65.4 Å². The minimum Gasteiger partial charge on any atom is -0.462 e. The quantitative estimate of drug-likeness (QED) is 0.0169. The average molecular weight is 1420 g/mol. The van der Waals surface area contributed by atoms with Crippen molar-refractivity contribution < 1.29 is 80.2 Å². The van der Waals surface area contributed by atoms with E-state index in [4.69, 9.17) is 37.0 Å². The molecule has 0 heterocycles. The van der Waals surface area contributed by atoms with Crippen molar-refractivity contribution >= 4 is 39.5 Å². The van der Waals surface area contributed by atoms with Gasteiger partial charge in [-0.05, 0) is 135 Å². The molecule has 5 atom stereocenters. The van der Waals surface area contributed by atoms with Crippen molar-refractivity contribution in [2.45, 2.75) is 354 Å². The number of phosphoric acid groups is 2. The van der Waals surface area contributed by atoms with Gasteiger partial charge in [0.25, 0.3) is 0 Å². The van der Waals surface area contributed by atoms with Gasteiger partial charge in [0.05, 0.1) is 26.4 Å². The molecule has 0 rings (SSSR count). The normalized spacial score (nSPS) is 14.4. The monoisotopic (exact) mass is 1420 g/mol. The average Bonchev–Trinajstić information content (AvgIpc) is 0.973. The molecule has 0 bridgehead atoms. The van der Waals surface area contributed by atoms with Crippen LogP contribution < -0.4 is 0 Å². The van der Waals surface area contributed by atoms with Crippen LogP contribution in [0.3, 0.4) is 0 Å². The number of ether oxygens (including phenoxy) is 4. The molecule has 0 aromatic heterocycles. The summed E-state index contributed by atoms with van der Waals surface area (Å²) < 4.78 is 68.4. The second kappa shape index (κ2) is 71.6. The second-order valence-electron chi connectivity index (χ2n) is 25.9. The Balaban J connectivity index is 5.31. The number of esters is 4. The van der Waals surface area contributed by atoms with E-state index in [1.54, 1.807) is 0 Å². The van der Waals surface area contributed by atoms with Crippen molar-refractivity contribution in [2.75, 3.05) is 39.6 Å². The molecule has 0 amide bonds. The number of rotatable bonds is 73. The molecular weight excluding hydrogens is 1280 g/mol. The molecule has 0 aromatic carbocycles. The summed E-state index contributed by atoms with van der Waals surface area (Å²) in [4.78, 5) is 72.8. The highest BCUT2D eigenvalue weighted by Gasteiger charge is 2.30. The molecule has 17 nitrogen and oxygen atoms in total. The number of carbonyl (C=O) groups is 4. The van der Waals surface area contributed by atoms with E-state index in [0.717, 1.165) is 186 Å². The summed E-state index contributed by atoms with van der Waals surface area (Å²) >= 11 is 0. The summed E-state index contributed by atoms with van der Waals surface area (Å²) in [5, 5.41) is 10.6. The van der Waals surface area contributed by atoms with Crippen LogP contribution in [0.1, 0.15) is 336 Å². The van der Waals surface area contributed by atoms with E-state index >= 15 is 0 Å². The molecule has 0 aliphatic rings. The van der Waals surface area contributed by atoms with Gasteiger partial charge in [-0.25, -0.2) is 9.13 Å². The van der Waals surface area contributed by atoms with E-state index in [1.807, 2.05) is 0 Å². The first-order chi connectivity index (χ1) is 47.7. The molecule has 0 saturated carbocycles. The lowest BCUT2D eigenvalue weighted by Gasteiger charge is -2.21. The van der Waals surface area contributed by atoms with Crippen LogP contribution in [0.15, 0.2) is 85.1 Å². The van der Waals surface area contributed by atoms with Crippen LogP contribution in [0.25, 0.3) is 0 Å². The Morgan fingerprint density at radius 2 is 0.531 bits per heavy atom. The predicted molar refractivity (Wildman–Crippen MR) is 399 cm³/mol. The molecule has 0 fully saturated rings. The molecule has 19 heteroatoms. The molecule has 0 spiro atoms. The van der Waals surface area contributed by atoms with Crippen molar-refractivity contribution in [3.05, 3.63) is 85.1 Å². The van der Waals surface area contributed by atoms with E-state index < -0.39 is 97.5 Å². The summed E-state index contributed by atoms with van der Waals surface area (Å²) in [6.07, 6.45) is 72.9. The van der Waals surface area contributed by atoms with Crippen molar-refractivity contribution in [2.24, 2.45) is 0 Å². The zero-order valence-electron chi connectivity index (χ0n) is 62.0. The number of carbonyl (C=O) groups excluding carboxylic acids is 4. The van der Waals surface area contributed by atoms with E-state index in [2.05, 4.69) is 113 Å². The Kier molecular flexibility index (Phi) is 68.9. The lowest BCUT2D eigenvalue weighted by atomic mass is 10.1. The maximum Gasteiger partial charge on any atom is 0.472 e. The van der Waals surface area contributed by atoms with Crippen molar-refractivity contribution in [3.8, 4) is 0 Å². The zero-order chi connectivity index (χ0) is 71.8. The SMILES string of the molecule is CCC/C=C\C/C=C\CCCCCCCC(=O)OC(COC(=O)CCCCCCCC/C=C\C/C=C\C/C=C\CCCCC)COP(=O)(O)OCC(O)COP(=O)(O)OCC(COC(=O)CCCCCCC/C=C\CCCCCCCC)OC(=O)CCCCCCC/C=C\CCCC. The third-order valence-electron chi connectivity index (χ3n) is 16.3. The van der Waals surface area contributed by atoms with Crippen LogP contribution in [0.4, 0.5) is 0 Å². The lowest BCUT2D eigenvalue weighted by Crippen LogP contribution is -2.30. The first-order valence-corrected chi connectivity index (χ1v) is 41.8. The number of allylic oxidation sites excluding steroid dienone is 14. The Morgan fingerprint density at radius 3 is 0.867 bits per heavy atom. The fourth-order valence-electron chi connectivity index (χ4n) is 10.3. The van der Waals surface area contributed by atoms with E-state index in [0.29, 0.717) is 25.7 Å². The van der Waals surface area contributed by atoms with Gasteiger partial charge in [-0.1, -0.05) is 260 Å². The molecule has 0 saturated heterocycles. The van der Waals surface area contributed by atoms with Crippen molar-refractivity contribution in [3.63, 3.8) is 0 Å². The smallest absolute Gasteiger partial charge is 0.462 e. The molecule has 5 unspecified atom stereocenters. The lowest BCUT2D eigenvalue weighted by molar-refractivity contribution is -0.161. The number of hydrogen-bond acceptors (Lipinski definition) is 15. The van der Waals surface area contributed by atoms with Gasteiger partial charge in [0, 0.05) is 25.7 Å². The third kappa shape index (κ3) is 70.7. The van der Waals surface area contributed by atoms with Crippen LogP contribution in [0, 0.1) is 0 Å². The predicted octanol–water partition coefficient (Wildman–Crippen LogP) is 22.2. The van der Waals surface area contributed by atoms with Gasteiger partial charge >= 0.3 is 39.5 Å². The summed E-state index contributed by atoms with van der Waals surface area (Å²) in [7, 11) is -9.95. The summed E-state index contributed by atoms with van der Waals surface area (Å²) in [5.74, 6) is -2.21. The summed E-state index contributed by atoms with van der Waals surface area (Å²) in [6.45, 7) is 4.72. The topological polar surface area (TPSA) is 237 Å². The summed E-state index contributed by atoms with van der Waals surface area (Å²) in [5.41, 5.74) is 0. The van der Waals surface area contributed by atoms with E-state index in [1.165, 1.54) is 70.6 Å². The maximum absolute atomic E-state index is 13.1. The Hall–Kier alpha value is -3.76. The fourth-order valence-corrected chi connectivity index (χ4v) is 11.9. The second-order valence-corrected chi connectivity index (χ2v) is 28.8. The van der Waals surface area contributed by atoms with Crippen LogP contribution in [0.2, 0.25) is 0 Å². The molecule has 0 aliphatic heterocycles. The van der Waals surface area contributed by atoms with Gasteiger partial charge in [-0.3, -0.25) is 37.3 Å². The Bertz CT molecular complexity index is 2190.